The number of ether oxygens (including phenoxy) is 2. The molecule has 13 heteroatoms. The van der Waals surface area contributed by atoms with E-state index in [9.17, 15) is 9.60 Å². The minimum absolute atomic E-state index is 0.00626. The number of benzene rings is 1. The van der Waals surface area contributed by atoms with Gasteiger partial charge in [-0.2, -0.15) is 15.7 Å². The van der Waals surface area contributed by atoms with E-state index < -0.39 is 22.4 Å². The van der Waals surface area contributed by atoms with Crippen LogP contribution < -0.4 is 19.1 Å². The number of hydrogen-bond donors (Lipinski definition) is 3. The molecule has 3 heterocycles. The van der Waals surface area contributed by atoms with Crippen LogP contribution in [-0.2, 0) is 6.61 Å². The van der Waals surface area contributed by atoms with Gasteiger partial charge in [-0.3, -0.25) is 0 Å². The molecule has 0 fully saturated rings. The summed E-state index contributed by atoms with van der Waals surface area (Å²) in [6.07, 6.45) is 5.78. The summed E-state index contributed by atoms with van der Waals surface area (Å²) in [5, 5.41) is 15.0. The van der Waals surface area contributed by atoms with E-state index in [1.165, 1.54) is 36.4 Å². The largest absolute Gasteiger partial charge is 0.487 e. The van der Waals surface area contributed by atoms with Gasteiger partial charge in [0.2, 0.25) is 0 Å². The fraction of sp³-hybridized carbons (Fsp3) is 0.105. The smallest absolute Gasteiger partial charge is 0.283 e. The van der Waals surface area contributed by atoms with E-state index in [4.69, 9.17) is 21.1 Å². The highest BCUT2D eigenvalue weighted by atomic mass is 35.5. The van der Waals surface area contributed by atoms with E-state index in [1.807, 2.05) is 0 Å². The molecule has 0 amide bonds. The Morgan fingerprint density at radius 1 is 1.25 bits per heavy atom. The summed E-state index contributed by atoms with van der Waals surface area (Å²) in [6, 6.07) is 5.10. The zero-order valence-electron chi connectivity index (χ0n) is 16.4. The second kappa shape index (κ2) is 8.74. The summed E-state index contributed by atoms with van der Waals surface area (Å²) in [6.45, 7) is -0.431. The maximum absolute atomic E-state index is 15.1. The second-order valence-corrected chi connectivity index (χ2v) is 7.54. The number of thiol groups is 1. The second-order valence-electron chi connectivity index (χ2n) is 6.53. The molecule has 1 aromatic carbocycles. The van der Waals surface area contributed by atoms with Gasteiger partial charge in [0, 0.05) is 22.5 Å². The molecule has 0 aliphatic carbocycles. The van der Waals surface area contributed by atoms with Gasteiger partial charge in [-0.05, 0) is 12.1 Å². The van der Waals surface area contributed by atoms with Gasteiger partial charge >= 0.3 is 0 Å². The van der Waals surface area contributed by atoms with Crippen molar-refractivity contribution in [2.75, 3.05) is 12.5 Å². The van der Waals surface area contributed by atoms with Crippen LogP contribution in [0.5, 0.6) is 11.6 Å². The minimum Gasteiger partial charge on any atom is -0.487 e. The van der Waals surface area contributed by atoms with Gasteiger partial charge in [0.1, 0.15) is 43.0 Å². The van der Waals surface area contributed by atoms with Gasteiger partial charge in [0.15, 0.2) is 5.82 Å². The molecule has 1 atom stereocenters. The standard InChI is InChI=1S/C19H16ClF2N6O3S/c1-30-19-17(4-11(20)6-24-19)28(29,32)26-16-3-2-15(21)14(18(16)22)9-31-13-5-12-7-23-10-27(12)25-8-13/h2-8,10,26,29,32H,9H2,1H3/q+1. The Morgan fingerprint density at radius 3 is 2.84 bits per heavy atom. The fourth-order valence-corrected chi connectivity index (χ4v) is 3.28. The Bertz CT molecular complexity index is 1290. The van der Waals surface area contributed by atoms with Crippen molar-refractivity contribution in [1.29, 1.82) is 0 Å². The number of hydrogen-bond acceptors (Lipinski definition) is 8. The number of pyridine rings is 1. The number of fused-ring (bicyclic) bond motifs is 1. The van der Waals surface area contributed by atoms with Crippen LogP contribution in [0.15, 0.2) is 49.2 Å². The van der Waals surface area contributed by atoms with Crippen LogP contribution in [0.1, 0.15) is 5.56 Å². The van der Waals surface area contributed by atoms with Crippen molar-refractivity contribution in [1.82, 2.24) is 23.7 Å². The van der Waals surface area contributed by atoms with Crippen LogP contribution in [0.4, 0.5) is 20.2 Å². The number of aromatic nitrogens is 4. The molecule has 166 valence electrons. The molecule has 0 aliphatic rings. The monoisotopic (exact) mass is 481 g/mol. The molecule has 0 spiro atoms. The number of anilines is 1. The van der Waals surface area contributed by atoms with Crippen LogP contribution in [0.3, 0.4) is 0 Å². The summed E-state index contributed by atoms with van der Waals surface area (Å²) in [5.41, 5.74) is 2.46. The Kier molecular flexibility index (Phi) is 6.02. The molecular weight excluding hydrogens is 466 g/mol. The lowest BCUT2D eigenvalue weighted by Gasteiger charge is -2.24. The van der Waals surface area contributed by atoms with E-state index in [1.54, 1.807) is 12.3 Å². The van der Waals surface area contributed by atoms with Gasteiger partial charge in [0.05, 0.1) is 35.6 Å². The van der Waals surface area contributed by atoms with E-state index in [0.717, 1.165) is 12.1 Å². The molecule has 0 saturated heterocycles. The van der Waals surface area contributed by atoms with Crippen LogP contribution in [-0.4, -0.2) is 31.9 Å². The summed E-state index contributed by atoms with van der Waals surface area (Å²) < 4.78 is 40.2. The molecule has 4 aromatic rings. The maximum atomic E-state index is 15.1. The highest BCUT2D eigenvalue weighted by molar-refractivity contribution is 7.79. The molecule has 0 aliphatic heterocycles. The zero-order chi connectivity index (χ0) is 22.9. The predicted octanol–water partition coefficient (Wildman–Crippen LogP) is 4.21. The van der Waals surface area contributed by atoms with Crippen molar-refractivity contribution in [3.63, 3.8) is 0 Å². The SMILES string of the molecule is COc1ncc(Cl)cc1[N+](O)(S)Nc1ccc(F)c(COc2cnn3cncc3c2)c1F. The van der Waals surface area contributed by atoms with Crippen LogP contribution in [0.2, 0.25) is 5.02 Å². The summed E-state index contributed by atoms with van der Waals surface area (Å²) in [7, 11) is 1.33. The van der Waals surface area contributed by atoms with Crippen molar-refractivity contribution in [3.05, 3.63) is 71.4 Å². The molecule has 3 aromatic heterocycles. The zero-order valence-corrected chi connectivity index (χ0v) is 18.1. The first-order valence-electron chi connectivity index (χ1n) is 8.99. The summed E-state index contributed by atoms with van der Waals surface area (Å²) in [5.74, 6) is -1.52. The third-order valence-electron chi connectivity index (χ3n) is 4.42. The minimum atomic E-state index is -1.37. The van der Waals surface area contributed by atoms with E-state index in [2.05, 4.69) is 33.3 Å². The van der Waals surface area contributed by atoms with Crippen LogP contribution in [0.25, 0.3) is 5.52 Å². The Morgan fingerprint density at radius 2 is 2.06 bits per heavy atom. The lowest BCUT2D eigenvalue weighted by molar-refractivity contribution is 0.0496. The summed E-state index contributed by atoms with van der Waals surface area (Å²) >= 11 is 10.0. The van der Waals surface area contributed by atoms with Gasteiger partial charge in [-0.25, -0.2) is 23.3 Å². The molecular formula is C19H16ClF2N6O3S+. The number of rotatable bonds is 7. The first-order chi connectivity index (χ1) is 15.3. The first kappa shape index (κ1) is 22.0. The quantitative estimate of drug-likeness (QED) is 0.207. The maximum Gasteiger partial charge on any atom is 0.283 e. The third-order valence-corrected chi connectivity index (χ3v) is 4.94. The number of imidazole rings is 1. The molecule has 0 radical (unpaired) electrons. The predicted molar refractivity (Wildman–Crippen MR) is 116 cm³/mol. The molecule has 2 N–H and O–H groups in total. The normalized spacial score (nSPS) is 13.1. The number of methoxy groups -OCH3 is 1. The third kappa shape index (κ3) is 4.39. The van der Waals surface area contributed by atoms with E-state index in [0.29, 0.717) is 11.3 Å². The van der Waals surface area contributed by atoms with Crippen molar-refractivity contribution in [2.24, 2.45) is 0 Å². The topological polar surface area (TPSA) is 93.8 Å². The van der Waals surface area contributed by atoms with Crippen molar-refractivity contribution < 1.29 is 23.5 Å². The lowest BCUT2D eigenvalue weighted by Crippen LogP contribution is -2.42. The fourth-order valence-electron chi connectivity index (χ4n) is 2.88. The average Bonchev–Trinajstić information content (AvgIpc) is 3.23. The number of quaternary nitrogens is 1. The van der Waals surface area contributed by atoms with Gasteiger partial charge in [0.25, 0.3) is 11.6 Å². The average molecular weight is 482 g/mol. The Balaban J connectivity index is 1.59. The van der Waals surface area contributed by atoms with Crippen molar-refractivity contribution in [2.45, 2.75) is 6.61 Å². The molecule has 0 saturated carbocycles. The van der Waals surface area contributed by atoms with Crippen molar-refractivity contribution >= 4 is 41.3 Å². The molecule has 32 heavy (non-hydrogen) atoms. The van der Waals surface area contributed by atoms with Gasteiger partial charge in [-0.15, -0.1) is 0 Å². The van der Waals surface area contributed by atoms with E-state index in [-0.39, 0.29) is 27.8 Å². The molecule has 4 rings (SSSR count). The molecule has 9 nitrogen and oxygen atoms in total. The Hall–Kier alpha value is -3.19. The first-order valence-corrected chi connectivity index (χ1v) is 9.77. The van der Waals surface area contributed by atoms with Gasteiger partial charge in [-0.1, -0.05) is 11.6 Å². The summed E-state index contributed by atoms with van der Waals surface area (Å²) in [4.78, 5) is 7.87. The van der Waals surface area contributed by atoms with Crippen LogP contribution in [0, 0.1) is 11.6 Å². The molecule has 0 bridgehead atoms. The van der Waals surface area contributed by atoms with E-state index >= 15 is 4.39 Å². The number of nitrogens with one attached hydrogen (secondary N) is 1. The highest BCUT2D eigenvalue weighted by Crippen LogP contribution is 2.35. The lowest BCUT2D eigenvalue weighted by atomic mass is 10.2. The Labute approximate surface area is 190 Å². The van der Waals surface area contributed by atoms with Gasteiger partial charge < -0.3 is 9.47 Å². The number of halogens is 3. The number of nitrogens with zero attached hydrogens (tertiary/aromatic N) is 5. The molecule has 1 unspecified atom stereocenters. The van der Waals surface area contributed by atoms with Crippen LogP contribution >= 0.6 is 24.4 Å². The highest BCUT2D eigenvalue weighted by Gasteiger charge is 2.33. The van der Waals surface area contributed by atoms with Crippen molar-refractivity contribution in [3.8, 4) is 11.6 Å².